The van der Waals surface area contributed by atoms with E-state index in [2.05, 4.69) is 18.7 Å². The second-order valence-corrected chi connectivity index (χ2v) is 3.57. The van der Waals surface area contributed by atoms with Crippen molar-refractivity contribution in [2.24, 2.45) is 5.92 Å². The van der Waals surface area contributed by atoms with E-state index in [1.165, 1.54) is 11.1 Å². The molecule has 0 amide bonds. The van der Waals surface area contributed by atoms with Gasteiger partial charge in [0.2, 0.25) is 0 Å². The molecule has 1 heteroatoms. The van der Waals surface area contributed by atoms with Gasteiger partial charge in [0.25, 0.3) is 0 Å². The summed E-state index contributed by atoms with van der Waals surface area (Å²) >= 11 is 0. The number of benzene rings is 1. The molecule has 0 saturated carbocycles. The van der Waals surface area contributed by atoms with Gasteiger partial charge in [-0.2, -0.15) is 0 Å². The molecule has 1 aromatic carbocycles. The first-order valence-electron chi connectivity index (χ1n) is 4.52. The lowest BCUT2D eigenvalue weighted by atomic mass is 9.82. The van der Waals surface area contributed by atoms with E-state index < -0.39 is 0 Å². The van der Waals surface area contributed by atoms with Crippen LogP contribution in [0.1, 0.15) is 17.5 Å². The number of fused-ring (bicyclic) bond motifs is 1. The molecule has 0 radical (unpaired) electrons. The van der Waals surface area contributed by atoms with Gasteiger partial charge in [0.15, 0.2) is 0 Å². The van der Waals surface area contributed by atoms with Crippen molar-refractivity contribution in [1.82, 2.24) is 0 Å². The Kier molecular flexibility index (Phi) is 2.01. The van der Waals surface area contributed by atoms with Crippen molar-refractivity contribution >= 4 is 11.9 Å². The van der Waals surface area contributed by atoms with Crippen LogP contribution in [-0.2, 0) is 11.2 Å². The molecular formula is C12H12O. The van der Waals surface area contributed by atoms with Crippen molar-refractivity contribution in [3.8, 4) is 0 Å². The standard InChI is InChI=1S/C12H12O/c1-9-6-10(8-13)7-11-4-2-3-5-12(9)11/h2-5,8,10H,1,6-7H2. The van der Waals surface area contributed by atoms with Gasteiger partial charge in [-0.25, -0.2) is 0 Å². The molecule has 1 atom stereocenters. The maximum atomic E-state index is 10.7. The molecular weight excluding hydrogens is 160 g/mol. The van der Waals surface area contributed by atoms with E-state index in [9.17, 15) is 4.79 Å². The van der Waals surface area contributed by atoms with Gasteiger partial charge in [0, 0.05) is 5.92 Å². The highest BCUT2D eigenvalue weighted by molar-refractivity contribution is 5.73. The molecule has 0 aromatic heterocycles. The van der Waals surface area contributed by atoms with Crippen LogP contribution in [0.3, 0.4) is 0 Å². The lowest BCUT2D eigenvalue weighted by Crippen LogP contribution is -2.13. The molecule has 1 unspecified atom stereocenters. The van der Waals surface area contributed by atoms with Crippen LogP contribution in [0.2, 0.25) is 0 Å². The third kappa shape index (κ3) is 1.42. The third-order valence-electron chi connectivity index (χ3n) is 2.58. The topological polar surface area (TPSA) is 17.1 Å². The minimum absolute atomic E-state index is 0.141. The number of hydrogen-bond acceptors (Lipinski definition) is 1. The zero-order valence-electron chi connectivity index (χ0n) is 7.49. The van der Waals surface area contributed by atoms with Gasteiger partial charge >= 0.3 is 0 Å². The predicted molar refractivity (Wildman–Crippen MR) is 53.4 cm³/mol. The van der Waals surface area contributed by atoms with Crippen LogP contribution in [0.4, 0.5) is 0 Å². The van der Waals surface area contributed by atoms with Crippen LogP contribution >= 0.6 is 0 Å². The number of rotatable bonds is 1. The molecule has 0 saturated heterocycles. The third-order valence-corrected chi connectivity index (χ3v) is 2.58. The Labute approximate surface area is 78.1 Å². The molecule has 1 aromatic rings. The molecule has 0 N–H and O–H groups in total. The van der Waals surface area contributed by atoms with E-state index in [-0.39, 0.29) is 5.92 Å². The smallest absolute Gasteiger partial charge is 0.123 e. The molecule has 0 bridgehead atoms. The fourth-order valence-corrected chi connectivity index (χ4v) is 1.92. The lowest BCUT2D eigenvalue weighted by molar-refractivity contribution is -0.111. The highest BCUT2D eigenvalue weighted by Gasteiger charge is 2.19. The molecule has 0 aliphatic heterocycles. The highest BCUT2D eigenvalue weighted by Crippen LogP contribution is 2.31. The first-order valence-corrected chi connectivity index (χ1v) is 4.52. The number of hydrogen-bond donors (Lipinski definition) is 0. The van der Waals surface area contributed by atoms with Crippen molar-refractivity contribution in [3.63, 3.8) is 0 Å². The monoisotopic (exact) mass is 172 g/mol. The number of carbonyl (C=O) groups excluding carboxylic acids is 1. The second kappa shape index (κ2) is 3.17. The van der Waals surface area contributed by atoms with E-state index in [1.807, 2.05) is 12.1 Å². The molecule has 0 fully saturated rings. The SMILES string of the molecule is C=C1CC(C=O)Cc2ccccc21. The van der Waals surface area contributed by atoms with Crippen LogP contribution in [0.25, 0.3) is 5.57 Å². The van der Waals surface area contributed by atoms with Gasteiger partial charge in [-0.1, -0.05) is 30.8 Å². The summed E-state index contributed by atoms with van der Waals surface area (Å²) in [6.45, 7) is 3.99. The molecule has 1 nitrogen and oxygen atoms in total. The van der Waals surface area contributed by atoms with Crippen LogP contribution in [0.15, 0.2) is 30.8 Å². The van der Waals surface area contributed by atoms with Crippen molar-refractivity contribution in [2.45, 2.75) is 12.8 Å². The maximum absolute atomic E-state index is 10.7. The summed E-state index contributed by atoms with van der Waals surface area (Å²) in [7, 11) is 0. The Morgan fingerprint density at radius 3 is 2.85 bits per heavy atom. The molecule has 1 aliphatic rings. The summed E-state index contributed by atoms with van der Waals surface area (Å²) in [5.41, 5.74) is 3.59. The Hall–Kier alpha value is -1.37. The molecule has 0 spiro atoms. The first-order chi connectivity index (χ1) is 6.31. The molecule has 2 rings (SSSR count). The summed E-state index contributed by atoms with van der Waals surface area (Å²) < 4.78 is 0. The maximum Gasteiger partial charge on any atom is 0.123 e. The predicted octanol–water partition coefficient (Wildman–Crippen LogP) is 2.46. The van der Waals surface area contributed by atoms with Gasteiger partial charge in [0.1, 0.15) is 6.29 Å². The Morgan fingerprint density at radius 1 is 1.31 bits per heavy atom. The minimum Gasteiger partial charge on any atom is -0.303 e. The van der Waals surface area contributed by atoms with E-state index >= 15 is 0 Å². The van der Waals surface area contributed by atoms with E-state index in [0.29, 0.717) is 0 Å². The summed E-state index contributed by atoms with van der Waals surface area (Å²) in [5.74, 6) is 0.141. The normalized spacial score (nSPS) is 20.9. The molecule has 13 heavy (non-hydrogen) atoms. The Balaban J connectivity index is 2.42. The quantitative estimate of drug-likeness (QED) is 0.595. The average Bonchev–Trinajstić information content (AvgIpc) is 2.18. The van der Waals surface area contributed by atoms with Gasteiger partial charge in [0.05, 0.1) is 0 Å². The average molecular weight is 172 g/mol. The van der Waals surface area contributed by atoms with Crippen LogP contribution in [0, 0.1) is 5.92 Å². The number of aldehydes is 1. The van der Waals surface area contributed by atoms with Crippen molar-refractivity contribution < 1.29 is 4.79 Å². The number of carbonyl (C=O) groups is 1. The molecule has 1 aliphatic carbocycles. The van der Waals surface area contributed by atoms with Gasteiger partial charge in [-0.05, 0) is 29.5 Å². The lowest BCUT2D eigenvalue weighted by Gasteiger charge is -2.22. The summed E-state index contributed by atoms with van der Waals surface area (Å²) in [6, 6.07) is 8.19. The fraction of sp³-hybridized carbons (Fsp3) is 0.250. The van der Waals surface area contributed by atoms with Crippen LogP contribution < -0.4 is 0 Å². The zero-order chi connectivity index (χ0) is 9.26. The highest BCUT2D eigenvalue weighted by atomic mass is 16.1. The second-order valence-electron chi connectivity index (χ2n) is 3.57. The summed E-state index contributed by atoms with van der Waals surface area (Å²) in [5, 5.41) is 0. The Bertz CT molecular complexity index is 352. The van der Waals surface area contributed by atoms with E-state index in [0.717, 1.165) is 24.7 Å². The van der Waals surface area contributed by atoms with Gasteiger partial charge in [-0.15, -0.1) is 0 Å². The summed E-state index contributed by atoms with van der Waals surface area (Å²) in [4.78, 5) is 10.7. The fourth-order valence-electron chi connectivity index (χ4n) is 1.92. The zero-order valence-corrected chi connectivity index (χ0v) is 7.49. The summed E-state index contributed by atoms with van der Waals surface area (Å²) in [6.07, 6.45) is 2.74. The van der Waals surface area contributed by atoms with Crippen molar-refractivity contribution in [2.75, 3.05) is 0 Å². The van der Waals surface area contributed by atoms with Gasteiger partial charge in [-0.3, -0.25) is 0 Å². The van der Waals surface area contributed by atoms with E-state index in [1.54, 1.807) is 0 Å². The molecule has 66 valence electrons. The Morgan fingerprint density at radius 2 is 2.08 bits per heavy atom. The van der Waals surface area contributed by atoms with Crippen LogP contribution in [-0.4, -0.2) is 6.29 Å². The van der Waals surface area contributed by atoms with Crippen molar-refractivity contribution in [3.05, 3.63) is 42.0 Å². The molecule has 0 heterocycles. The van der Waals surface area contributed by atoms with Crippen molar-refractivity contribution in [1.29, 1.82) is 0 Å². The number of allylic oxidation sites excluding steroid dienone is 1. The largest absolute Gasteiger partial charge is 0.303 e. The van der Waals surface area contributed by atoms with Gasteiger partial charge < -0.3 is 4.79 Å². The van der Waals surface area contributed by atoms with Crippen LogP contribution in [0.5, 0.6) is 0 Å². The van der Waals surface area contributed by atoms with E-state index in [4.69, 9.17) is 0 Å². The minimum atomic E-state index is 0.141. The first kappa shape index (κ1) is 8.24.